The highest BCUT2D eigenvalue weighted by Gasteiger charge is 2.31. The summed E-state index contributed by atoms with van der Waals surface area (Å²) in [5.74, 6) is 5.85. The Kier molecular flexibility index (Phi) is 6.82. The molecule has 2 unspecified atom stereocenters. The van der Waals surface area contributed by atoms with Crippen LogP contribution >= 0.6 is 0 Å². The van der Waals surface area contributed by atoms with Crippen molar-refractivity contribution in [2.75, 3.05) is 30.0 Å². The Labute approximate surface area is 221 Å². The van der Waals surface area contributed by atoms with E-state index in [0.717, 1.165) is 50.2 Å². The second-order valence-electron chi connectivity index (χ2n) is 11.2. The number of hydrogen-bond acceptors (Lipinski definition) is 9. The van der Waals surface area contributed by atoms with Crippen molar-refractivity contribution in [1.82, 2.24) is 29.7 Å². The second kappa shape index (κ2) is 10.4. The smallest absolute Gasteiger partial charge is 0.377 e. The van der Waals surface area contributed by atoms with Crippen molar-refractivity contribution in [3.8, 4) is 24.0 Å². The van der Waals surface area contributed by atoms with Crippen LogP contribution in [0.25, 0.3) is 22.8 Å². The lowest BCUT2D eigenvalue weighted by molar-refractivity contribution is 0.0976. The molecule has 0 bridgehead atoms. The van der Waals surface area contributed by atoms with Gasteiger partial charge >= 0.3 is 5.76 Å². The predicted molar refractivity (Wildman–Crippen MR) is 144 cm³/mol. The van der Waals surface area contributed by atoms with E-state index in [1.165, 1.54) is 19.3 Å². The lowest BCUT2D eigenvalue weighted by Gasteiger charge is -2.35. The Morgan fingerprint density at radius 1 is 1.18 bits per heavy atom. The van der Waals surface area contributed by atoms with Crippen molar-refractivity contribution in [2.24, 2.45) is 17.8 Å². The molecule has 3 fully saturated rings. The predicted octanol–water partition coefficient (Wildman–Crippen LogP) is 3.43. The fraction of sp³-hybridized carbons (Fsp3) is 0.667. The summed E-state index contributed by atoms with van der Waals surface area (Å²) < 4.78 is 12.8. The van der Waals surface area contributed by atoms with Crippen molar-refractivity contribution < 1.29 is 9.26 Å². The molecule has 0 amide bonds. The van der Waals surface area contributed by atoms with Crippen molar-refractivity contribution in [1.29, 1.82) is 0 Å². The maximum Gasteiger partial charge on any atom is 0.439 e. The first kappa shape index (κ1) is 24.9. The third-order valence-corrected chi connectivity index (χ3v) is 8.60. The van der Waals surface area contributed by atoms with Crippen LogP contribution in [-0.4, -0.2) is 61.5 Å². The van der Waals surface area contributed by atoms with Gasteiger partial charge in [0.2, 0.25) is 17.6 Å². The van der Waals surface area contributed by atoms with E-state index in [4.69, 9.17) is 30.6 Å². The lowest BCUT2D eigenvalue weighted by atomic mass is 9.80. The summed E-state index contributed by atoms with van der Waals surface area (Å²) in [5.41, 5.74) is 1.46. The maximum atomic E-state index is 11.7. The fourth-order valence-electron chi connectivity index (χ4n) is 6.02. The van der Waals surface area contributed by atoms with Crippen molar-refractivity contribution in [3.63, 3.8) is 0 Å². The summed E-state index contributed by atoms with van der Waals surface area (Å²) >= 11 is 0. The Hall–Kier alpha value is -3.39. The first-order valence-corrected chi connectivity index (χ1v) is 13.9. The van der Waals surface area contributed by atoms with Crippen LogP contribution < -0.4 is 16.0 Å². The molecule has 6 rings (SSSR count). The van der Waals surface area contributed by atoms with E-state index in [1.807, 2.05) is 0 Å². The molecule has 3 aromatic heterocycles. The molecular weight excluding hydrogens is 484 g/mol. The monoisotopic (exact) mass is 520 g/mol. The molecule has 0 radical (unpaired) electrons. The molecule has 11 heteroatoms. The molecule has 38 heavy (non-hydrogen) atoms. The minimum atomic E-state index is -0.642. The van der Waals surface area contributed by atoms with Crippen LogP contribution in [0.2, 0.25) is 0 Å². The quantitative estimate of drug-likeness (QED) is 0.450. The van der Waals surface area contributed by atoms with Crippen LogP contribution in [0.3, 0.4) is 0 Å². The minimum Gasteiger partial charge on any atom is -0.377 e. The molecule has 2 saturated carbocycles. The highest BCUT2D eigenvalue weighted by atomic mass is 16.5. The molecule has 2 aliphatic carbocycles. The number of morpholine rings is 1. The highest BCUT2D eigenvalue weighted by Crippen LogP contribution is 2.37. The van der Waals surface area contributed by atoms with E-state index in [9.17, 15) is 4.79 Å². The maximum absolute atomic E-state index is 11.7. The first-order chi connectivity index (χ1) is 18.5. The van der Waals surface area contributed by atoms with Crippen LogP contribution in [0.4, 0.5) is 11.8 Å². The molecule has 4 heterocycles. The standard InChI is InChI=1S/C27H36N8O3/c1-4-18-8-10-19(11-9-18)14-35-21-22(28-17(3)20-6-5-7-20)29-24(25-32-27(36)38-33-25)30-23(21)31-26(35)34-12-13-37-15-16(34)2/h1,16-20H,5-15H2,2-3H3,(H,28,29,30)(H,32,33,36). The van der Waals surface area contributed by atoms with E-state index in [0.29, 0.717) is 42.4 Å². The van der Waals surface area contributed by atoms with E-state index >= 15 is 0 Å². The van der Waals surface area contributed by atoms with Crippen LogP contribution in [0, 0.1) is 30.1 Å². The molecule has 11 nitrogen and oxygen atoms in total. The minimum absolute atomic E-state index is 0.182. The Morgan fingerprint density at radius 2 is 2.00 bits per heavy atom. The van der Waals surface area contributed by atoms with Gasteiger partial charge in [-0.1, -0.05) is 11.6 Å². The SMILES string of the molecule is C#CC1CCC(Cn2c(N3CCOCC3C)nc3nc(-c4noc(=O)[nH]4)nc(NC(C)C4CCC4)c32)CC1. The van der Waals surface area contributed by atoms with Gasteiger partial charge in [-0.3, -0.25) is 9.51 Å². The molecule has 0 spiro atoms. The molecular formula is C27H36N8O3. The average Bonchev–Trinajstić information content (AvgIpc) is 3.47. The Bertz CT molecular complexity index is 1380. The van der Waals surface area contributed by atoms with Gasteiger partial charge < -0.3 is 19.5 Å². The van der Waals surface area contributed by atoms with E-state index < -0.39 is 5.76 Å². The number of imidazole rings is 1. The summed E-state index contributed by atoms with van der Waals surface area (Å²) in [7, 11) is 0. The van der Waals surface area contributed by atoms with Crippen molar-refractivity contribution in [3.05, 3.63) is 10.6 Å². The molecule has 202 valence electrons. The number of hydrogen-bond donors (Lipinski definition) is 2. The lowest BCUT2D eigenvalue weighted by Crippen LogP contribution is -2.45. The summed E-state index contributed by atoms with van der Waals surface area (Å²) in [4.78, 5) is 31.3. The van der Waals surface area contributed by atoms with Gasteiger partial charge in [-0.15, -0.1) is 12.3 Å². The third kappa shape index (κ3) is 4.77. The molecule has 3 aliphatic rings. The summed E-state index contributed by atoms with van der Waals surface area (Å²) in [5, 5.41) is 7.53. The van der Waals surface area contributed by atoms with Crippen LogP contribution in [0.1, 0.15) is 58.8 Å². The summed E-state index contributed by atoms with van der Waals surface area (Å²) in [6.07, 6.45) is 13.7. The third-order valence-electron chi connectivity index (χ3n) is 8.60. The number of terminal acetylenes is 1. The molecule has 3 aromatic rings. The van der Waals surface area contributed by atoms with Crippen molar-refractivity contribution >= 4 is 22.9 Å². The van der Waals surface area contributed by atoms with Gasteiger partial charge in [0.1, 0.15) is 5.52 Å². The normalized spacial score (nSPS) is 25.2. The first-order valence-electron chi connectivity index (χ1n) is 13.9. The van der Waals surface area contributed by atoms with Crippen molar-refractivity contribution in [2.45, 2.75) is 77.4 Å². The average molecular weight is 521 g/mol. The number of aromatic amines is 1. The number of rotatable bonds is 7. The number of nitrogens with zero attached hydrogens (tertiary/aromatic N) is 6. The largest absolute Gasteiger partial charge is 0.439 e. The Balaban J connectivity index is 1.46. The van der Waals surface area contributed by atoms with Gasteiger partial charge in [0, 0.05) is 25.0 Å². The fourth-order valence-corrected chi connectivity index (χ4v) is 6.02. The van der Waals surface area contributed by atoms with E-state index in [2.05, 4.69) is 44.7 Å². The summed E-state index contributed by atoms with van der Waals surface area (Å²) in [6, 6.07) is 0.423. The van der Waals surface area contributed by atoms with Crippen LogP contribution in [-0.2, 0) is 11.3 Å². The number of fused-ring (bicyclic) bond motifs is 1. The van der Waals surface area contributed by atoms with Gasteiger partial charge in [0.15, 0.2) is 11.5 Å². The van der Waals surface area contributed by atoms with Gasteiger partial charge in [-0.2, -0.15) is 4.98 Å². The van der Waals surface area contributed by atoms with Gasteiger partial charge in [0.25, 0.3) is 0 Å². The van der Waals surface area contributed by atoms with E-state index in [1.54, 1.807) is 0 Å². The molecule has 2 atom stereocenters. The highest BCUT2D eigenvalue weighted by molar-refractivity contribution is 5.87. The molecule has 0 aromatic carbocycles. The zero-order valence-electron chi connectivity index (χ0n) is 22.2. The Morgan fingerprint density at radius 3 is 2.66 bits per heavy atom. The zero-order valence-corrected chi connectivity index (χ0v) is 22.2. The van der Waals surface area contributed by atoms with Gasteiger partial charge in [-0.05, 0) is 64.2 Å². The molecule has 1 aliphatic heterocycles. The number of aromatic nitrogens is 6. The number of anilines is 2. The molecule has 1 saturated heterocycles. The van der Waals surface area contributed by atoms with Gasteiger partial charge in [0.05, 0.1) is 19.3 Å². The zero-order chi connectivity index (χ0) is 26.2. The van der Waals surface area contributed by atoms with Crippen LogP contribution in [0.5, 0.6) is 0 Å². The topological polar surface area (TPSA) is 127 Å². The number of H-pyrrole nitrogens is 1. The van der Waals surface area contributed by atoms with Gasteiger partial charge in [-0.25, -0.2) is 14.8 Å². The number of ether oxygens (including phenoxy) is 1. The van der Waals surface area contributed by atoms with Crippen LogP contribution in [0.15, 0.2) is 9.32 Å². The summed E-state index contributed by atoms with van der Waals surface area (Å²) in [6.45, 7) is 7.26. The molecule has 2 N–H and O–H groups in total. The number of nitrogens with one attached hydrogen (secondary N) is 2. The van der Waals surface area contributed by atoms with E-state index in [-0.39, 0.29) is 23.7 Å². The second-order valence-corrected chi connectivity index (χ2v) is 11.2.